The molecule has 1 unspecified atom stereocenters. The van der Waals surface area contributed by atoms with E-state index in [-0.39, 0.29) is 7.47 Å². The molecule has 4 heterocycles. The summed E-state index contributed by atoms with van der Waals surface area (Å²) < 4.78 is 0. The third-order valence-electron chi connectivity index (χ3n) is 5.61. The fraction of sp³-hybridized carbons (Fsp3) is 0.421. The van der Waals surface area contributed by atoms with Gasteiger partial charge in [-0.25, -0.2) is 0 Å². The highest BCUT2D eigenvalue weighted by Crippen LogP contribution is 2.41. The molecule has 0 radical (unpaired) electrons. The van der Waals surface area contributed by atoms with Gasteiger partial charge in [0.25, 0.3) is 0 Å². The topological polar surface area (TPSA) is 42.1 Å². The van der Waals surface area contributed by atoms with Crippen LogP contribution < -0.4 is 5.73 Å². The lowest BCUT2D eigenvalue weighted by atomic mass is 9.73. The van der Waals surface area contributed by atoms with Crippen molar-refractivity contribution in [1.82, 2.24) is 9.88 Å². The summed E-state index contributed by atoms with van der Waals surface area (Å²) in [5.41, 5.74) is 8.99. The van der Waals surface area contributed by atoms with Gasteiger partial charge in [-0.2, -0.15) is 0 Å². The Labute approximate surface area is 133 Å². The first-order valence-corrected chi connectivity index (χ1v) is 8.24. The molecule has 1 aromatic heterocycles. The molecule has 0 aliphatic carbocycles. The zero-order valence-corrected chi connectivity index (χ0v) is 12.9. The minimum absolute atomic E-state index is 0. The van der Waals surface area contributed by atoms with Crippen LogP contribution in [0.15, 0.2) is 49.2 Å². The Morgan fingerprint density at radius 3 is 3.00 bits per heavy atom. The lowest BCUT2D eigenvalue weighted by molar-refractivity contribution is 0.00749. The first kappa shape index (κ1) is 13.9. The maximum absolute atomic E-state index is 6.71. The van der Waals surface area contributed by atoms with Gasteiger partial charge in [-0.3, -0.25) is 9.88 Å². The fourth-order valence-corrected chi connectivity index (χ4v) is 4.37. The molecule has 3 saturated heterocycles. The summed E-state index contributed by atoms with van der Waals surface area (Å²) >= 11 is 0. The van der Waals surface area contributed by atoms with E-state index in [2.05, 4.69) is 46.8 Å². The lowest BCUT2D eigenvalue weighted by Crippen LogP contribution is -2.56. The molecule has 3 nitrogen and oxygen atoms in total. The third-order valence-corrected chi connectivity index (χ3v) is 5.61. The van der Waals surface area contributed by atoms with Crippen molar-refractivity contribution in [3.05, 3.63) is 54.7 Å². The zero-order valence-electron chi connectivity index (χ0n) is 12.9. The number of rotatable bonds is 3. The van der Waals surface area contributed by atoms with Gasteiger partial charge >= 0.3 is 0 Å². The molecule has 1 aromatic carbocycles. The second kappa shape index (κ2) is 5.49. The van der Waals surface area contributed by atoms with Gasteiger partial charge in [0.1, 0.15) is 0 Å². The Balaban J connectivity index is 0.00000156. The first-order chi connectivity index (χ1) is 10.8. The smallest absolute Gasteiger partial charge is 0.0705 e. The number of hydrogen-bond donors (Lipinski definition) is 1. The summed E-state index contributed by atoms with van der Waals surface area (Å²) in [6, 6.07) is 10.9. The van der Waals surface area contributed by atoms with Gasteiger partial charge in [-0.15, -0.1) is 6.58 Å². The van der Waals surface area contributed by atoms with Crippen LogP contribution in [0.3, 0.4) is 0 Å². The molecule has 3 aliphatic heterocycles. The second-order valence-electron chi connectivity index (χ2n) is 6.69. The van der Waals surface area contributed by atoms with E-state index in [9.17, 15) is 0 Å². The maximum atomic E-state index is 6.71. The van der Waals surface area contributed by atoms with Crippen LogP contribution in [0.25, 0.3) is 10.9 Å². The first-order valence-electron chi connectivity index (χ1n) is 8.24. The summed E-state index contributed by atoms with van der Waals surface area (Å²) in [6.45, 7) is 6.30. The van der Waals surface area contributed by atoms with Crippen molar-refractivity contribution in [1.29, 1.82) is 0 Å². The number of aromatic nitrogens is 1. The molecule has 5 rings (SSSR count). The van der Waals surface area contributed by atoms with Crippen molar-refractivity contribution >= 4 is 10.9 Å². The van der Waals surface area contributed by atoms with Gasteiger partial charge in [-0.05, 0) is 48.9 Å². The summed E-state index contributed by atoms with van der Waals surface area (Å²) in [5, 5.41) is 1.19. The highest BCUT2D eigenvalue weighted by atomic mass is 15.2. The molecule has 0 saturated carbocycles. The van der Waals surface area contributed by atoms with Gasteiger partial charge in [0.15, 0.2) is 0 Å². The van der Waals surface area contributed by atoms with Crippen LogP contribution >= 0.6 is 0 Å². The van der Waals surface area contributed by atoms with Crippen molar-refractivity contribution in [2.45, 2.75) is 24.9 Å². The van der Waals surface area contributed by atoms with Crippen LogP contribution in [-0.2, 0) is 0 Å². The van der Waals surface area contributed by atoms with Crippen LogP contribution in [0.1, 0.15) is 25.9 Å². The summed E-state index contributed by atoms with van der Waals surface area (Å²) in [7, 11) is 0. The average Bonchev–Trinajstić information content (AvgIpc) is 2.60. The van der Waals surface area contributed by atoms with E-state index < -0.39 is 0 Å². The summed E-state index contributed by atoms with van der Waals surface area (Å²) in [6.07, 6.45) is 6.51. The predicted octanol–water partition coefficient (Wildman–Crippen LogP) is 3.38. The standard InChI is InChI=1S/C19H23N3.H2/c1-2-13-12-22-10-8-14(13)11-18(22)19(20)16-7-9-21-17-6-4-3-5-15(16)17;/h2-7,9,13-14,18-19H,1,8,10-12,20H2;1H/t13-,14-,18+,19+;/m0./s1/i;1+2. The van der Waals surface area contributed by atoms with Crippen LogP contribution in [0.4, 0.5) is 0 Å². The molecule has 2 aromatic rings. The molecule has 116 valence electrons. The Morgan fingerprint density at radius 2 is 2.23 bits per heavy atom. The van der Waals surface area contributed by atoms with Crippen LogP contribution in [0.2, 0.25) is 0 Å². The Hall–Kier alpha value is -1.71. The molecular weight excluding hydrogens is 270 g/mol. The number of nitrogens with zero attached hydrogens (tertiary/aromatic N) is 2. The highest BCUT2D eigenvalue weighted by Gasteiger charge is 2.41. The van der Waals surface area contributed by atoms with E-state index in [1.54, 1.807) is 0 Å². The molecular formula is C19H25N3. The molecule has 5 atom stereocenters. The number of benzene rings is 1. The Bertz CT molecular complexity index is 697. The quantitative estimate of drug-likeness (QED) is 0.883. The molecule has 3 fully saturated rings. The van der Waals surface area contributed by atoms with Crippen molar-refractivity contribution in [3.63, 3.8) is 0 Å². The predicted molar refractivity (Wildman–Crippen MR) is 92.6 cm³/mol. The average molecular weight is 297 g/mol. The van der Waals surface area contributed by atoms with Crippen LogP contribution in [0.5, 0.6) is 0 Å². The monoisotopic (exact) mass is 297 g/mol. The largest absolute Gasteiger partial charge is 0.323 e. The molecule has 2 bridgehead atoms. The number of fused-ring (bicyclic) bond motifs is 4. The second-order valence-corrected chi connectivity index (χ2v) is 6.69. The van der Waals surface area contributed by atoms with Gasteiger partial charge in [0.2, 0.25) is 0 Å². The SMILES string of the molecule is C=C[C@H]1CN2CC[C@H]1C[C@@H]2[C@H](N)c1ccnc2ccccc12.[3HH]. The Morgan fingerprint density at radius 1 is 1.36 bits per heavy atom. The number of para-hydroxylation sites is 1. The minimum Gasteiger partial charge on any atom is -0.323 e. The Kier molecular flexibility index (Phi) is 3.47. The van der Waals surface area contributed by atoms with Crippen LogP contribution in [0, 0.1) is 11.8 Å². The summed E-state index contributed by atoms with van der Waals surface area (Å²) in [5.74, 6) is 1.40. The van der Waals surface area contributed by atoms with E-state index in [1.807, 2.05) is 12.3 Å². The van der Waals surface area contributed by atoms with Gasteiger partial charge < -0.3 is 5.73 Å². The third kappa shape index (κ3) is 2.16. The van der Waals surface area contributed by atoms with E-state index in [0.29, 0.717) is 12.0 Å². The van der Waals surface area contributed by atoms with Gasteiger partial charge in [-0.1, -0.05) is 24.3 Å². The van der Waals surface area contributed by atoms with Crippen molar-refractivity contribution < 1.29 is 1.43 Å². The number of pyridine rings is 1. The zero-order chi connectivity index (χ0) is 15.1. The van der Waals surface area contributed by atoms with E-state index >= 15 is 0 Å². The molecule has 22 heavy (non-hydrogen) atoms. The number of nitrogens with two attached hydrogens (primary N) is 1. The fourth-order valence-electron chi connectivity index (χ4n) is 4.37. The summed E-state index contributed by atoms with van der Waals surface area (Å²) in [4.78, 5) is 7.04. The van der Waals surface area contributed by atoms with Gasteiger partial charge in [0, 0.05) is 31.6 Å². The van der Waals surface area contributed by atoms with Crippen molar-refractivity contribution in [2.24, 2.45) is 17.6 Å². The van der Waals surface area contributed by atoms with Gasteiger partial charge in [0.05, 0.1) is 5.52 Å². The van der Waals surface area contributed by atoms with Crippen molar-refractivity contribution in [3.8, 4) is 0 Å². The van der Waals surface area contributed by atoms with Crippen molar-refractivity contribution in [2.75, 3.05) is 13.1 Å². The normalized spacial score (nSPS) is 32.0. The molecule has 2 N–H and O–H groups in total. The molecule has 3 aliphatic rings. The lowest BCUT2D eigenvalue weighted by Gasteiger charge is -2.51. The van der Waals surface area contributed by atoms with Crippen LogP contribution in [-0.4, -0.2) is 29.0 Å². The minimum atomic E-state index is 0. The molecule has 0 spiro atoms. The van der Waals surface area contributed by atoms with E-state index in [0.717, 1.165) is 18.0 Å². The molecule has 3 heteroatoms. The highest BCUT2D eigenvalue weighted by molar-refractivity contribution is 5.82. The van der Waals surface area contributed by atoms with E-state index in [1.165, 1.54) is 30.3 Å². The van der Waals surface area contributed by atoms with E-state index in [4.69, 9.17) is 5.73 Å². The molecule has 0 amide bonds. The maximum Gasteiger partial charge on any atom is 0.0705 e. The number of piperidine rings is 3. The number of hydrogen-bond acceptors (Lipinski definition) is 3.